The molecule has 1 amide bonds. The number of thiocarbonyl (C=S) groups is 1. The van der Waals surface area contributed by atoms with Crippen LogP contribution in [-0.4, -0.2) is 37.0 Å². The summed E-state index contributed by atoms with van der Waals surface area (Å²) in [6.07, 6.45) is 5.41. The van der Waals surface area contributed by atoms with E-state index >= 15 is 0 Å². The Morgan fingerprint density at radius 1 is 1.03 bits per heavy atom. The van der Waals surface area contributed by atoms with Crippen LogP contribution in [0.4, 0.5) is 5.69 Å². The third-order valence-corrected chi connectivity index (χ3v) is 6.94. The van der Waals surface area contributed by atoms with Crippen LogP contribution in [0.5, 0.6) is 0 Å². The maximum absolute atomic E-state index is 13.1. The van der Waals surface area contributed by atoms with E-state index in [1.165, 1.54) is 5.56 Å². The molecule has 0 unspecified atom stereocenters. The van der Waals surface area contributed by atoms with E-state index in [4.69, 9.17) is 12.2 Å². The van der Waals surface area contributed by atoms with Crippen molar-refractivity contribution in [3.05, 3.63) is 114 Å². The Balaban J connectivity index is 1.49. The number of carbonyl (C=O) groups is 1. The second kappa shape index (κ2) is 10.3. The number of hydrogen-bond donors (Lipinski definition) is 2. The molecule has 36 heavy (non-hydrogen) atoms. The van der Waals surface area contributed by atoms with E-state index in [2.05, 4.69) is 45.1 Å². The van der Waals surface area contributed by atoms with Gasteiger partial charge in [0.25, 0.3) is 0 Å². The minimum atomic E-state index is -0.189. The molecule has 1 saturated heterocycles. The van der Waals surface area contributed by atoms with Crippen molar-refractivity contribution < 1.29 is 4.79 Å². The maximum Gasteiger partial charge on any atom is 0.244 e. The Hall–Kier alpha value is -4.04. The summed E-state index contributed by atoms with van der Waals surface area (Å²) in [4.78, 5) is 23.8. The zero-order chi connectivity index (χ0) is 25.1. The van der Waals surface area contributed by atoms with Crippen molar-refractivity contribution in [1.82, 2.24) is 24.8 Å². The number of carbonyl (C=O) groups excluding carboxylic acids is 1. The van der Waals surface area contributed by atoms with Gasteiger partial charge in [0, 0.05) is 42.2 Å². The summed E-state index contributed by atoms with van der Waals surface area (Å²) in [6, 6.07) is 21.2. The SMILES string of the molecule is Cc1cc([C@@H]2[C@@H](c3ccccn3)NC(=S)N2CC(=O)Nc2ccccc2)c(C)n1Cc1ccncc1. The van der Waals surface area contributed by atoms with Gasteiger partial charge in [-0.1, -0.05) is 24.3 Å². The number of hydrogen-bond acceptors (Lipinski definition) is 4. The van der Waals surface area contributed by atoms with E-state index in [9.17, 15) is 4.79 Å². The molecule has 1 fully saturated rings. The molecule has 0 bridgehead atoms. The highest BCUT2D eigenvalue weighted by molar-refractivity contribution is 7.80. The highest BCUT2D eigenvalue weighted by Gasteiger charge is 2.42. The number of nitrogens with one attached hydrogen (secondary N) is 2. The molecule has 7 nitrogen and oxygen atoms in total. The van der Waals surface area contributed by atoms with Crippen molar-refractivity contribution in [2.24, 2.45) is 0 Å². The first-order valence-corrected chi connectivity index (χ1v) is 12.3. The third kappa shape index (κ3) is 4.85. The summed E-state index contributed by atoms with van der Waals surface area (Å²) in [7, 11) is 0. The molecule has 1 aliphatic heterocycles. The second-order valence-corrected chi connectivity index (χ2v) is 9.32. The number of aromatic nitrogens is 3. The standard InChI is InChI=1S/C28H28N6OS/c1-19-16-23(20(2)33(19)17-21-11-14-29-15-12-21)27-26(24-10-6-7-13-30-24)32-28(36)34(27)18-25(35)31-22-8-4-3-5-9-22/h3-16,26-27H,17-18H2,1-2H3,(H,31,35)(H,32,36)/t26-,27-/m1/s1. The minimum Gasteiger partial charge on any atom is -0.352 e. The van der Waals surface area contributed by atoms with Gasteiger partial charge >= 0.3 is 0 Å². The topological polar surface area (TPSA) is 75.1 Å². The summed E-state index contributed by atoms with van der Waals surface area (Å²) in [5, 5.41) is 6.97. The molecule has 0 saturated carbocycles. The zero-order valence-electron chi connectivity index (χ0n) is 20.3. The molecule has 0 spiro atoms. The predicted octanol–water partition coefficient (Wildman–Crippen LogP) is 4.55. The fraction of sp³-hybridized carbons (Fsp3) is 0.214. The van der Waals surface area contributed by atoms with Gasteiger partial charge in [-0.05, 0) is 79.7 Å². The van der Waals surface area contributed by atoms with E-state index in [0.29, 0.717) is 5.11 Å². The van der Waals surface area contributed by atoms with Crippen LogP contribution in [0.2, 0.25) is 0 Å². The van der Waals surface area contributed by atoms with E-state index < -0.39 is 0 Å². The van der Waals surface area contributed by atoms with Crippen molar-refractivity contribution in [3.8, 4) is 0 Å². The first-order valence-electron chi connectivity index (χ1n) is 11.9. The predicted molar refractivity (Wildman–Crippen MR) is 144 cm³/mol. The molecule has 5 rings (SSSR count). The lowest BCUT2D eigenvalue weighted by molar-refractivity contribution is -0.116. The van der Waals surface area contributed by atoms with Crippen LogP contribution in [0.15, 0.2) is 85.3 Å². The van der Waals surface area contributed by atoms with Crippen molar-refractivity contribution in [1.29, 1.82) is 0 Å². The number of aryl methyl sites for hydroxylation is 1. The van der Waals surface area contributed by atoms with Crippen LogP contribution in [0.3, 0.4) is 0 Å². The number of pyridine rings is 2. The Kier molecular flexibility index (Phi) is 6.77. The summed E-state index contributed by atoms with van der Waals surface area (Å²) in [6.45, 7) is 5.11. The number of para-hydroxylation sites is 1. The van der Waals surface area contributed by atoms with Gasteiger partial charge < -0.3 is 20.1 Å². The molecular formula is C28H28N6OS. The van der Waals surface area contributed by atoms with Gasteiger partial charge in [-0.25, -0.2) is 0 Å². The number of nitrogens with zero attached hydrogens (tertiary/aromatic N) is 4. The molecule has 0 radical (unpaired) electrons. The van der Waals surface area contributed by atoms with Crippen molar-refractivity contribution in [2.45, 2.75) is 32.5 Å². The van der Waals surface area contributed by atoms with Crippen molar-refractivity contribution in [3.63, 3.8) is 0 Å². The summed E-state index contributed by atoms with van der Waals surface area (Å²) < 4.78 is 2.30. The van der Waals surface area contributed by atoms with Gasteiger partial charge in [0.1, 0.15) is 6.54 Å². The largest absolute Gasteiger partial charge is 0.352 e. The van der Waals surface area contributed by atoms with Gasteiger partial charge in [0.15, 0.2) is 5.11 Å². The Morgan fingerprint density at radius 2 is 1.78 bits per heavy atom. The van der Waals surface area contributed by atoms with E-state index in [-0.39, 0.29) is 24.5 Å². The van der Waals surface area contributed by atoms with Crippen LogP contribution in [-0.2, 0) is 11.3 Å². The fourth-order valence-corrected chi connectivity index (χ4v) is 5.14. The molecule has 1 aromatic carbocycles. The summed E-state index contributed by atoms with van der Waals surface area (Å²) in [5.41, 5.74) is 6.22. The van der Waals surface area contributed by atoms with Gasteiger partial charge in [0.05, 0.1) is 17.8 Å². The summed E-state index contributed by atoms with van der Waals surface area (Å²) >= 11 is 5.76. The monoisotopic (exact) mass is 496 g/mol. The van der Waals surface area contributed by atoms with E-state index in [1.807, 2.05) is 78.0 Å². The maximum atomic E-state index is 13.1. The molecular weight excluding hydrogens is 468 g/mol. The average Bonchev–Trinajstić information content (AvgIpc) is 3.36. The van der Waals surface area contributed by atoms with Gasteiger partial charge in [-0.15, -0.1) is 0 Å². The molecule has 0 aliphatic carbocycles. The van der Waals surface area contributed by atoms with Crippen LogP contribution in [0, 0.1) is 13.8 Å². The summed E-state index contributed by atoms with van der Waals surface area (Å²) in [5.74, 6) is -0.123. The molecule has 8 heteroatoms. The average molecular weight is 497 g/mol. The number of amides is 1. The van der Waals surface area contributed by atoms with Gasteiger partial charge in [-0.2, -0.15) is 0 Å². The van der Waals surface area contributed by atoms with Crippen LogP contribution >= 0.6 is 12.2 Å². The molecule has 2 atom stereocenters. The quantitative estimate of drug-likeness (QED) is 0.366. The highest BCUT2D eigenvalue weighted by atomic mass is 32.1. The molecule has 3 aromatic heterocycles. The number of benzene rings is 1. The lowest BCUT2D eigenvalue weighted by Crippen LogP contribution is -2.37. The zero-order valence-corrected chi connectivity index (χ0v) is 21.1. The van der Waals surface area contributed by atoms with Crippen LogP contribution in [0.25, 0.3) is 0 Å². The molecule has 4 heterocycles. The van der Waals surface area contributed by atoms with Gasteiger partial charge in [-0.3, -0.25) is 14.8 Å². The normalized spacial score (nSPS) is 17.2. The minimum absolute atomic E-state index is 0.123. The van der Waals surface area contributed by atoms with Crippen LogP contribution in [0.1, 0.15) is 40.3 Å². The number of rotatable bonds is 7. The first-order chi connectivity index (χ1) is 17.5. The lowest BCUT2D eigenvalue weighted by atomic mass is 9.96. The van der Waals surface area contributed by atoms with Crippen LogP contribution < -0.4 is 10.6 Å². The Bertz CT molecular complexity index is 1360. The highest BCUT2D eigenvalue weighted by Crippen LogP contribution is 2.40. The van der Waals surface area contributed by atoms with Crippen molar-refractivity contribution >= 4 is 28.9 Å². The van der Waals surface area contributed by atoms with Crippen molar-refractivity contribution in [2.75, 3.05) is 11.9 Å². The first kappa shape index (κ1) is 23.7. The van der Waals surface area contributed by atoms with E-state index in [0.717, 1.165) is 34.9 Å². The smallest absolute Gasteiger partial charge is 0.244 e. The molecule has 4 aromatic rings. The number of anilines is 1. The Morgan fingerprint density at radius 3 is 2.50 bits per heavy atom. The molecule has 182 valence electrons. The third-order valence-electron chi connectivity index (χ3n) is 6.59. The fourth-order valence-electron chi connectivity index (χ4n) is 4.83. The Labute approximate surface area is 216 Å². The lowest BCUT2D eigenvalue weighted by Gasteiger charge is -2.27. The van der Waals surface area contributed by atoms with Gasteiger partial charge in [0.2, 0.25) is 5.91 Å². The van der Waals surface area contributed by atoms with E-state index in [1.54, 1.807) is 6.20 Å². The second-order valence-electron chi connectivity index (χ2n) is 8.94. The molecule has 1 aliphatic rings. The molecule has 2 N–H and O–H groups in total.